The van der Waals surface area contributed by atoms with Gasteiger partial charge in [-0.15, -0.1) is 0 Å². The smallest absolute Gasteiger partial charge is 0.255 e. The number of hydrogen-bond acceptors (Lipinski definition) is 4. The van der Waals surface area contributed by atoms with E-state index in [-0.39, 0.29) is 5.91 Å². The summed E-state index contributed by atoms with van der Waals surface area (Å²) in [5, 5.41) is 7.69. The highest BCUT2D eigenvalue weighted by molar-refractivity contribution is 7.98. The first-order valence-corrected chi connectivity index (χ1v) is 10.9. The Hall–Kier alpha value is -3.38. The van der Waals surface area contributed by atoms with Crippen LogP contribution in [0.5, 0.6) is 0 Å². The first kappa shape index (κ1) is 19.9. The Kier molecular flexibility index (Phi) is 6.57. The number of carbonyl (C=O) groups is 1. The molecule has 0 aliphatic carbocycles. The molecule has 30 heavy (non-hydrogen) atoms. The molecule has 5 nitrogen and oxygen atoms in total. The summed E-state index contributed by atoms with van der Waals surface area (Å²) in [5.41, 5.74) is 4.18. The second-order valence-electron chi connectivity index (χ2n) is 6.71. The molecule has 2 heterocycles. The molecule has 0 unspecified atom stereocenters. The van der Waals surface area contributed by atoms with Crippen LogP contribution in [0.3, 0.4) is 0 Å². The van der Waals surface area contributed by atoms with E-state index in [4.69, 9.17) is 0 Å². The summed E-state index contributed by atoms with van der Waals surface area (Å²) in [7, 11) is 0. The number of carbonyl (C=O) groups excluding carboxylic acids is 1. The van der Waals surface area contributed by atoms with E-state index in [1.54, 1.807) is 35.0 Å². The maximum absolute atomic E-state index is 12.9. The van der Waals surface area contributed by atoms with Crippen molar-refractivity contribution in [2.75, 3.05) is 12.3 Å². The number of rotatable bonds is 8. The highest BCUT2D eigenvalue weighted by Crippen LogP contribution is 2.23. The van der Waals surface area contributed by atoms with Crippen LogP contribution in [-0.4, -0.2) is 33.0 Å². The molecule has 2 aromatic carbocycles. The Morgan fingerprint density at radius 1 is 0.967 bits per heavy atom. The number of para-hydroxylation sites is 1. The molecule has 0 aliphatic rings. The van der Waals surface area contributed by atoms with E-state index in [0.29, 0.717) is 17.8 Å². The van der Waals surface area contributed by atoms with Crippen LogP contribution in [0.1, 0.15) is 15.9 Å². The van der Waals surface area contributed by atoms with Gasteiger partial charge in [0, 0.05) is 42.2 Å². The Morgan fingerprint density at radius 3 is 2.47 bits per heavy atom. The van der Waals surface area contributed by atoms with Crippen molar-refractivity contribution in [1.29, 1.82) is 0 Å². The largest absolute Gasteiger partial charge is 0.351 e. The number of nitrogens with one attached hydrogen (secondary N) is 1. The number of aromatic nitrogens is 3. The third-order valence-electron chi connectivity index (χ3n) is 4.56. The van der Waals surface area contributed by atoms with Gasteiger partial charge in [0.2, 0.25) is 0 Å². The van der Waals surface area contributed by atoms with Crippen LogP contribution in [-0.2, 0) is 5.75 Å². The molecular formula is C24H22N4OS. The van der Waals surface area contributed by atoms with Crippen LogP contribution in [0.15, 0.2) is 91.4 Å². The molecule has 0 spiro atoms. The van der Waals surface area contributed by atoms with Crippen LogP contribution in [0, 0.1) is 0 Å². The maximum Gasteiger partial charge on any atom is 0.255 e. The number of hydrogen-bond donors (Lipinski definition) is 1. The summed E-state index contributed by atoms with van der Waals surface area (Å²) in [6, 6.07) is 23.9. The van der Waals surface area contributed by atoms with Crippen LogP contribution < -0.4 is 5.32 Å². The van der Waals surface area contributed by atoms with E-state index >= 15 is 0 Å². The lowest BCUT2D eigenvalue weighted by Gasteiger charge is -2.06. The Morgan fingerprint density at radius 2 is 1.73 bits per heavy atom. The van der Waals surface area contributed by atoms with E-state index < -0.39 is 0 Å². The minimum atomic E-state index is -0.128. The maximum atomic E-state index is 12.9. The van der Waals surface area contributed by atoms with Gasteiger partial charge in [-0.05, 0) is 29.8 Å². The Balaban J connectivity index is 1.45. The molecule has 4 aromatic rings. The lowest BCUT2D eigenvalue weighted by molar-refractivity contribution is 0.0957. The molecule has 0 aliphatic heterocycles. The quantitative estimate of drug-likeness (QED) is 0.428. The summed E-state index contributed by atoms with van der Waals surface area (Å²) in [6.07, 6.45) is 5.22. The summed E-state index contributed by atoms with van der Waals surface area (Å²) < 4.78 is 1.74. The van der Waals surface area contributed by atoms with E-state index in [1.807, 2.05) is 60.7 Å². The van der Waals surface area contributed by atoms with Crippen LogP contribution in [0.2, 0.25) is 0 Å². The number of nitrogens with zero attached hydrogens (tertiary/aromatic N) is 3. The van der Waals surface area contributed by atoms with Crippen molar-refractivity contribution >= 4 is 17.7 Å². The third-order valence-corrected chi connectivity index (χ3v) is 5.59. The van der Waals surface area contributed by atoms with Crippen LogP contribution >= 0.6 is 11.8 Å². The lowest BCUT2D eigenvalue weighted by atomic mass is 10.1. The molecule has 1 amide bonds. The van der Waals surface area contributed by atoms with Gasteiger partial charge in [0.1, 0.15) is 5.69 Å². The molecule has 0 saturated carbocycles. The normalized spacial score (nSPS) is 10.7. The predicted octanol–water partition coefficient (Wildman–Crippen LogP) is 4.60. The molecule has 0 atom stereocenters. The molecule has 0 radical (unpaired) electrons. The fourth-order valence-electron chi connectivity index (χ4n) is 3.07. The number of thioether (sulfide) groups is 1. The van der Waals surface area contributed by atoms with Crippen LogP contribution in [0.4, 0.5) is 0 Å². The lowest BCUT2D eigenvalue weighted by Crippen LogP contribution is -2.26. The Bertz CT molecular complexity index is 1080. The van der Waals surface area contributed by atoms with Crippen LogP contribution in [0.25, 0.3) is 16.9 Å². The number of benzene rings is 2. The van der Waals surface area contributed by atoms with Crippen molar-refractivity contribution in [2.24, 2.45) is 0 Å². The standard InChI is InChI=1S/C24H22N4OS/c29-24(26-14-15-30-18-19-8-3-1-4-9-19)22-17-28(21-11-5-2-6-12-21)27-23(22)20-10-7-13-25-16-20/h1-13,16-17H,14-15,18H2,(H,26,29). The minimum Gasteiger partial charge on any atom is -0.351 e. The van der Waals surface area contributed by atoms with Crippen molar-refractivity contribution in [2.45, 2.75) is 5.75 Å². The zero-order chi connectivity index (χ0) is 20.6. The van der Waals surface area contributed by atoms with Gasteiger partial charge in [0.25, 0.3) is 5.91 Å². The second-order valence-corrected chi connectivity index (χ2v) is 7.81. The summed E-state index contributed by atoms with van der Waals surface area (Å²) in [6.45, 7) is 0.597. The van der Waals surface area contributed by atoms with E-state index in [1.165, 1.54) is 5.56 Å². The van der Waals surface area contributed by atoms with Gasteiger partial charge in [-0.25, -0.2) is 4.68 Å². The summed E-state index contributed by atoms with van der Waals surface area (Å²) in [4.78, 5) is 17.1. The second kappa shape index (κ2) is 9.89. The van der Waals surface area contributed by atoms with Crippen molar-refractivity contribution in [3.8, 4) is 16.9 Å². The zero-order valence-corrected chi connectivity index (χ0v) is 17.3. The molecule has 0 bridgehead atoms. The number of amides is 1. The molecule has 0 fully saturated rings. The van der Waals surface area contributed by atoms with Gasteiger partial charge < -0.3 is 5.32 Å². The monoisotopic (exact) mass is 414 g/mol. The molecule has 6 heteroatoms. The van der Waals surface area contributed by atoms with Gasteiger partial charge in [-0.2, -0.15) is 16.9 Å². The predicted molar refractivity (Wildman–Crippen MR) is 122 cm³/mol. The SMILES string of the molecule is O=C(NCCSCc1ccccc1)c1cn(-c2ccccc2)nc1-c1cccnc1. The van der Waals surface area contributed by atoms with E-state index in [2.05, 4.69) is 27.5 Å². The van der Waals surface area contributed by atoms with Gasteiger partial charge >= 0.3 is 0 Å². The van der Waals surface area contributed by atoms with E-state index in [0.717, 1.165) is 22.8 Å². The van der Waals surface area contributed by atoms with E-state index in [9.17, 15) is 4.79 Å². The minimum absolute atomic E-state index is 0.128. The average molecular weight is 415 g/mol. The highest BCUT2D eigenvalue weighted by Gasteiger charge is 2.18. The molecule has 4 rings (SSSR count). The zero-order valence-electron chi connectivity index (χ0n) is 16.4. The first-order chi connectivity index (χ1) is 14.8. The molecule has 150 valence electrons. The van der Waals surface area contributed by atoms with Crippen molar-refractivity contribution in [3.05, 3.63) is 103 Å². The average Bonchev–Trinajstić information content (AvgIpc) is 3.26. The molecule has 0 saturated heterocycles. The summed E-state index contributed by atoms with van der Waals surface area (Å²) >= 11 is 1.80. The fraction of sp³-hybridized carbons (Fsp3) is 0.125. The van der Waals surface area contributed by atoms with Gasteiger partial charge in [0.15, 0.2) is 0 Å². The fourth-order valence-corrected chi connectivity index (χ4v) is 3.88. The van der Waals surface area contributed by atoms with Crippen molar-refractivity contribution in [3.63, 3.8) is 0 Å². The van der Waals surface area contributed by atoms with Gasteiger partial charge in [-0.3, -0.25) is 9.78 Å². The topological polar surface area (TPSA) is 59.8 Å². The van der Waals surface area contributed by atoms with Crippen molar-refractivity contribution < 1.29 is 4.79 Å². The number of pyridine rings is 1. The van der Waals surface area contributed by atoms with Crippen molar-refractivity contribution in [1.82, 2.24) is 20.1 Å². The molecule has 1 N–H and O–H groups in total. The first-order valence-electron chi connectivity index (χ1n) is 9.76. The molecular weight excluding hydrogens is 392 g/mol. The van der Waals surface area contributed by atoms with Gasteiger partial charge in [-0.1, -0.05) is 48.5 Å². The third kappa shape index (κ3) is 4.96. The highest BCUT2D eigenvalue weighted by atomic mass is 32.2. The Labute approximate surface area is 180 Å². The molecule has 2 aromatic heterocycles. The summed E-state index contributed by atoms with van der Waals surface area (Å²) in [5.74, 6) is 1.65. The van der Waals surface area contributed by atoms with Gasteiger partial charge in [0.05, 0.1) is 11.3 Å².